The molecule has 0 aromatic heterocycles. The maximum atomic E-state index is 12.6. The zero-order valence-electron chi connectivity index (χ0n) is 11.4. The summed E-state index contributed by atoms with van der Waals surface area (Å²) >= 11 is 0. The second-order valence-electron chi connectivity index (χ2n) is 4.27. The second kappa shape index (κ2) is 6.51. The van der Waals surface area contributed by atoms with Crippen molar-refractivity contribution in [1.82, 2.24) is 0 Å². The van der Waals surface area contributed by atoms with E-state index in [0.717, 1.165) is 12.1 Å². The molecule has 0 heterocycles. The lowest BCUT2D eigenvalue weighted by atomic mass is 9.98. The van der Waals surface area contributed by atoms with Gasteiger partial charge in [0, 0.05) is 5.56 Å². The predicted octanol–water partition coefficient (Wildman–Crippen LogP) is 2.72. The quantitative estimate of drug-likeness (QED) is 0.363. The molecule has 114 valence electrons. The highest BCUT2D eigenvalue weighted by molar-refractivity contribution is 6.38. The largest absolute Gasteiger partial charge is 0.460 e. The third-order valence-electron chi connectivity index (χ3n) is 2.69. The summed E-state index contributed by atoms with van der Waals surface area (Å²) in [5.41, 5.74) is -0.924. The van der Waals surface area contributed by atoms with E-state index in [1.165, 1.54) is 13.8 Å². The summed E-state index contributed by atoms with van der Waals surface area (Å²) in [6, 6.07) is 2.67. The lowest BCUT2D eigenvalue weighted by Crippen LogP contribution is -2.21. The highest BCUT2D eigenvalue weighted by atomic mass is 19.4. The molecule has 0 atom stereocenters. The van der Waals surface area contributed by atoms with Crippen molar-refractivity contribution in [1.29, 1.82) is 0 Å². The number of benzene rings is 1. The van der Waals surface area contributed by atoms with E-state index in [1.807, 2.05) is 0 Å². The van der Waals surface area contributed by atoms with Gasteiger partial charge >= 0.3 is 12.1 Å². The van der Waals surface area contributed by atoms with Crippen molar-refractivity contribution in [2.45, 2.75) is 26.4 Å². The molecule has 0 aliphatic rings. The topological polar surface area (TPSA) is 60.4 Å². The Kier molecular flexibility index (Phi) is 5.23. The van der Waals surface area contributed by atoms with Crippen molar-refractivity contribution in [2.75, 3.05) is 6.61 Å². The summed E-state index contributed by atoms with van der Waals surface area (Å²) in [5, 5.41) is 0. The van der Waals surface area contributed by atoms with Gasteiger partial charge in [-0.1, -0.05) is 6.07 Å². The van der Waals surface area contributed by atoms with Gasteiger partial charge in [0.15, 0.2) is 5.78 Å². The van der Waals surface area contributed by atoms with Crippen molar-refractivity contribution >= 4 is 17.5 Å². The Hall–Kier alpha value is -2.18. The number of alkyl halides is 3. The zero-order valence-corrected chi connectivity index (χ0v) is 11.4. The van der Waals surface area contributed by atoms with Gasteiger partial charge in [-0.05, 0) is 31.5 Å². The van der Waals surface area contributed by atoms with Crippen molar-refractivity contribution in [3.05, 3.63) is 34.9 Å². The fourth-order valence-electron chi connectivity index (χ4n) is 1.62. The van der Waals surface area contributed by atoms with E-state index >= 15 is 0 Å². The number of ketones is 2. The maximum Gasteiger partial charge on any atom is 0.416 e. The number of carbonyl (C=O) groups is 3. The Labute approximate surface area is 118 Å². The van der Waals surface area contributed by atoms with Crippen molar-refractivity contribution in [3.8, 4) is 0 Å². The van der Waals surface area contributed by atoms with Gasteiger partial charge in [0.2, 0.25) is 5.78 Å². The number of hydrogen-bond donors (Lipinski definition) is 0. The van der Waals surface area contributed by atoms with Crippen LogP contribution in [0.5, 0.6) is 0 Å². The van der Waals surface area contributed by atoms with Crippen molar-refractivity contribution in [2.24, 2.45) is 0 Å². The van der Waals surface area contributed by atoms with Gasteiger partial charge in [-0.15, -0.1) is 0 Å². The molecule has 0 saturated heterocycles. The van der Waals surface area contributed by atoms with E-state index < -0.39 is 35.7 Å². The first kappa shape index (κ1) is 16.9. The molecule has 0 fully saturated rings. The van der Waals surface area contributed by atoms with E-state index in [-0.39, 0.29) is 12.2 Å². The molecule has 0 amide bonds. The first-order chi connectivity index (χ1) is 9.66. The van der Waals surface area contributed by atoms with E-state index in [1.54, 1.807) is 0 Å². The molecule has 0 aliphatic heterocycles. The van der Waals surface area contributed by atoms with E-state index in [9.17, 15) is 27.6 Å². The van der Waals surface area contributed by atoms with E-state index in [4.69, 9.17) is 0 Å². The molecule has 7 heteroatoms. The molecule has 1 aromatic rings. The summed E-state index contributed by atoms with van der Waals surface area (Å²) in [7, 11) is 0. The molecule has 0 N–H and O–H groups in total. The second-order valence-corrected chi connectivity index (χ2v) is 4.27. The number of hydrogen-bond acceptors (Lipinski definition) is 4. The fourth-order valence-corrected chi connectivity index (χ4v) is 1.62. The van der Waals surface area contributed by atoms with Crippen LogP contribution in [0.4, 0.5) is 13.2 Å². The van der Waals surface area contributed by atoms with Gasteiger partial charge < -0.3 is 4.74 Å². The van der Waals surface area contributed by atoms with Crippen LogP contribution in [-0.2, 0) is 20.5 Å². The minimum atomic E-state index is -4.59. The maximum absolute atomic E-state index is 12.6. The average Bonchev–Trinajstić information content (AvgIpc) is 2.37. The van der Waals surface area contributed by atoms with Crippen LogP contribution in [0.2, 0.25) is 0 Å². The van der Waals surface area contributed by atoms with Crippen LogP contribution >= 0.6 is 0 Å². The first-order valence-electron chi connectivity index (χ1n) is 6.07. The molecule has 4 nitrogen and oxygen atoms in total. The summed E-state index contributed by atoms with van der Waals surface area (Å²) in [5.74, 6) is -3.11. The van der Waals surface area contributed by atoms with Crippen LogP contribution in [-0.4, -0.2) is 24.1 Å². The van der Waals surface area contributed by atoms with Gasteiger partial charge in [-0.3, -0.25) is 9.59 Å². The molecule has 0 bridgehead atoms. The number of esters is 1. The van der Waals surface area contributed by atoms with Crippen LogP contribution in [0, 0.1) is 6.92 Å². The van der Waals surface area contributed by atoms with Crippen LogP contribution in [0.15, 0.2) is 18.2 Å². The van der Waals surface area contributed by atoms with Gasteiger partial charge in [-0.25, -0.2) is 4.79 Å². The van der Waals surface area contributed by atoms with Gasteiger partial charge in [0.25, 0.3) is 0 Å². The Balaban J connectivity index is 2.97. The minimum absolute atomic E-state index is 0.0264. The Bertz CT molecular complexity index is 576. The Morgan fingerprint density at radius 3 is 2.33 bits per heavy atom. The first-order valence-corrected chi connectivity index (χ1v) is 6.07. The lowest BCUT2D eigenvalue weighted by molar-refractivity contribution is -0.153. The smallest absolute Gasteiger partial charge is 0.416 e. The normalized spacial score (nSPS) is 11.1. The molecule has 0 aliphatic carbocycles. The average molecular weight is 302 g/mol. The monoisotopic (exact) mass is 302 g/mol. The minimum Gasteiger partial charge on any atom is -0.460 e. The number of halogens is 3. The van der Waals surface area contributed by atoms with Crippen molar-refractivity contribution < 1.29 is 32.3 Å². The summed E-state index contributed by atoms with van der Waals surface area (Å²) < 4.78 is 42.2. The van der Waals surface area contributed by atoms with Gasteiger partial charge in [0.1, 0.15) is 0 Å². The predicted molar refractivity (Wildman–Crippen MR) is 66.8 cm³/mol. The number of carbonyl (C=O) groups excluding carboxylic acids is 3. The highest BCUT2D eigenvalue weighted by Gasteiger charge is 2.31. The molecule has 0 spiro atoms. The van der Waals surface area contributed by atoms with Gasteiger partial charge in [0.05, 0.1) is 18.6 Å². The van der Waals surface area contributed by atoms with Crippen LogP contribution < -0.4 is 0 Å². The molecule has 21 heavy (non-hydrogen) atoms. The summed E-state index contributed by atoms with van der Waals surface area (Å²) in [6.45, 7) is 2.91. The number of aryl methyl sites for hydroxylation is 1. The van der Waals surface area contributed by atoms with Gasteiger partial charge in [-0.2, -0.15) is 13.2 Å². The standard InChI is InChI=1S/C14H13F3O4/c1-3-21-13(20)12(19)7-11(18)10-6-9(14(15,16)17)5-4-8(10)2/h4-6H,3,7H2,1-2H3. The molecule has 0 radical (unpaired) electrons. The van der Waals surface area contributed by atoms with Crippen LogP contribution in [0.25, 0.3) is 0 Å². The molecular formula is C14H13F3O4. The van der Waals surface area contributed by atoms with E-state index in [0.29, 0.717) is 11.6 Å². The molecule has 0 unspecified atom stereocenters. The fraction of sp³-hybridized carbons (Fsp3) is 0.357. The van der Waals surface area contributed by atoms with E-state index in [2.05, 4.69) is 4.74 Å². The van der Waals surface area contributed by atoms with Crippen LogP contribution in [0.1, 0.15) is 34.8 Å². The SMILES string of the molecule is CCOC(=O)C(=O)CC(=O)c1cc(C(F)(F)F)ccc1C. The van der Waals surface area contributed by atoms with Crippen molar-refractivity contribution in [3.63, 3.8) is 0 Å². The number of rotatable bonds is 5. The number of ether oxygens (including phenoxy) is 1. The molecule has 1 aromatic carbocycles. The Morgan fingerprint density at radius 2 is 1.81 bits per heavy atom. The molecule has 1 rings (SSSR count). The summed E-state index contributed by atoms with van der Waals surface area (Å²) in [4.78, 5) is 34.4. The molecular weight excluding hydrogens is 289 g/mol. The third kappa shape index (κ3) is 4.40. The summed E-state index contributed by atoms with van der Waals surface area (Å²) in [6.07, 6.45) is -5.41. The Morgan fingerprint density at radius 1 is 1.19 bits per heavy atom. The van der Waals surface area contributed by atoms with Crippen LogP contribution in [0.3, 0.4) is 0 Å². The molecule has 0 saturated carbocycles. The highest BCUT2D eigenvalue weighted by Crippen LogP contribution is 2.30. The third-order valence-corrected chi connectivity index (χ3v) is 2.69. The zero-order chi connectivity index (χ0) is 16.2. The lowest BCUT2D eigenvalue weighted by Gasteiger charge is -2.10. The number of Topliss-reactive ketones (excluding diaryl/α,β-unsaturated/α-hetero) is 2.